The third-order valence-electron chi connectivity index (χ3n) is 1.04. The first kappa shape index (κ1) is 6.35. The SMILES string of the molecule is C[n+]1[nH]oc(=O)c1CCl. The van der Waals surface area contributed by atoms with Crippen LogP contribution in [0.1, 0.15) is 5.69 Å². The second kappa shape index (κ2) is 2.23. The van der Waals surface area contributed by atoms with E-state index in [1.165, 1.54) is 4.68 Å². The molecule has 50 valence electrons. The van der Waals surface area contributed by atoms with E-state index in [1.54, 1.807) is 7.05 Å². The fourth-order valence-corrected chi connectivity index (χ4v) is 0.793. The molecule has 9 heavy (non-hydrogen) atoms. The van der Waals surface area contributed by atoms with Gasteiger partial charge in [0.25, 0.3) is 0 Å². The molecule has 0 aliphatic heterocycles. The molecule has 4 nitrogen and oxygen atoms in total. The minimum absolute atomic E-state index is 0.169. The van der Waals surface area contributed by atoms with Crippen molar-refractivity contribution in [2.45, 2.75) is 5.88 Å². The monoisotopic (exact) mass is 149 g/mol. The van der Waals surface area contributed by atoms with E-state index in [0.29, 0.717) is 5.69 Å². The van der Waals surface area contributed by atoms with E-state index < -0.39 is 5.63 Å². The van der Waals surface area contributed by atoms with E-state index >= 15 is 0 Å². The summed E-state index contributed by atoms with van der Waals surface area (Å²) >= 11 is 5.38. The van der Waals surface area contributed by atoms with Gasteiger partial charge in [-0.3, -0.25) is 4.52 Å². The number of rotatable bonds is 1. The van der Waals surface area contributed by atoms with Crippen LogP contribution in [0, 0.1) is 0 Å². The summed E-state index contributed by atoms with van der Waals surface area (Å²) < 4.78 is 5.82. The third kappa shape index (κ3) is 0.977. The van der Waals surface area contributed by atoms with Crippen LogP contribution in [0.2, 0.25) is 0 Å². The molecule has 0 aliphatic rings. The number of aromatic nitrogens is 2. The van der Waals surface area contributed by atoms with E-state index in [2.05, 4.69) is 9.79 Å². The molecule has 0 fully saturated rings. The van der Waals surface area contributed by atoms with Crippen molar-refractivity contribution >= 4 is 11.6 Å². The van der Waals surface area contributed by atoms with Crippen LogP contribution in [-0.4, -0.2) is 5.27 Å². The Kier molecular flexibility index (Phi) is 1.57. The number of hydrogen-bond donors (Lipinski definition) is 1. The van der Waals surface area contributed by atoms with Crippen molar-refractivity contribution < 1.29 is 9.20 Å². The molecule has 0 bridgehead atoms. The summed E-state index contributed by atoms with van der Waals surface area (Å²) in [6, 6.07) is 0. The van der Waals surface area contributed by atoms with Crippen LogP contribution in [0.5, 0.6) is 0 Å². The molecule has 0 amide bonds. The standard InChI is InChI=1S/C4H5ClN2O2/c1-7-3(2-5)4(8)9-6-7/h2H2,1H3/p+1. The zero-order valence-corrected chi connectivity index (χ0v) is 5.60. The van der Waals surface area contributed by atoms with Crippen molar-refractivity contribution in [1.82, 2.24) is 5.27 Å². The quantitative estimate of drug-likeness (QED) is 0.434. The molecule has 1 aromatic rings. The highest BCUT2D eigenvalue weighted by Crippen LogP contribution is 1.85. The molecular formula is C4H6ClN2O2+. The highest BCUT2D eigenvalue weighted by molar-refractivity contribution is 6.16. The van der Waals surface area contributed by atoms with Gasteiger partial charge in [-0.05, 0) is 5.27 Å². The van der Waals surface area contributed by atoms with Gasteiger partial charge < -0.3 is 0 Å². The lowest BCUT2D eigenvalue weighted by molar-refractivity contribution is -0.745. The van der Waals surface area contributed by atoms with E-state index in [-0.39, 0.29) is 5.88 Å². The van der Waals surface area contributed by atoms with Crippen LogP contribution in [0.3, 0.4) is 0 Å². The average Bonchev–Trinajstić information content (AvgIpc) is 2.12. The Labute approximate surface area is 56.0 Å². The van der Waals surface area contributed by atoms with Gasteiger partial charge >= 0.3 is 11.3 Å². The Bertz CT molecular complexity index is 251. The van der Waals surface area contributed by atoms with Crippen molar-refractivity contribution in [3.8, 4) is 0 Å². The molecule has 0 aliphatic carbocycles. The maximum absolute atomic E-state index is 10.6. The number of aromatic amines is 1. The second-order valence-electron chi connectivity index (χ2n) is 1.62. The number of nitrogens with one attached hydrogen (secondary N) is 1. The van der Waals surface area contributed by atoms with Crippen molar-refractivity contribution in [3.05, 3.63) is 16.1 Å². The fraction of sp³-hybridized carbons (Fsp3) is 0.500. The second-order valence-corrected chi connectivity index (χ2v) is 1.89. The van der Waals surface area contributed by atoms with Gasteiger partial charge in [-0.25, -0.2) is 4.79 Å². The van der Waals surface area contributed by atoms with Crippen molar-refractivity contribution in [2.24, 2.45) is 7.05 Å². The summed E-state index contributed by atoms with van der Waals surface area (Å²) in [6.45, 7) is 0. The number of aryl methyl sites for hydroxylation is 1. The Morgan fingerprint density at radius 1 is 1.89 bits per heavy atom. The molecule has 0 unspecified atom stereocenters. The zero-order valence-electron chi connectivity index (χ0n) is 4.85. The summed E-state index contributed by atoms with van der Waals surface area (Å²) in [5.41, 5.74) is 0.0177. The molecule has 1 rings (SSSR count). The number of alkyl halides is 1. The molecule has 1 heterocycles. The van der Waals surface area contributed by atoms with Gasteiger partial charge in [0, 0.05) is 0 Å². The maximum Gasteiger partial charge on any atom is 0.431 e. The lowest BCUT2D eigenvalue weighted by atomic mass is 10.5. The summed E-state index contributed by atoms with van der Waals surface area (Å²) in [5.74, 6) is 0.169. The summed E-state index contributed by atoms with van der Waals surface area (Å²) in [5, 5.41) is 2.33. The summed E-state index contributed by atoms with van der Waals surface area (Å²) in [4.78, 5) is 10.6. The molecular weight excluding hydrogens is 144 g/mol. The minimum Gasteiger partial charge on any atom is -0.283 e. The normalized spacial score (nSPS) is 10.0. The molecule has 0 radical (unpaired) electrons. The van der Waals surface area contributed by atoms with Crippen LogP contribution in [0.4, 0.5) is 0 Å². The first-order valence-electron chi connectivity index (χ1n) is 2.38. The molecule has 1 N–H and O–H groups in total. The van der Waals surface area contributed by atoms with Crippen LogP contribution in [0.25, 0.3) is 0 Å². The molecule has 0 aromatic carbocycles. The molecule has 1 aromatic heterocycles. The van der Waals surface area contributed by atoms with E-state index in [0.717, 1.165) is 0 Å². The lowest BCUT2D eigenvalue weighted by Crippen LogP contribution is -2.35. The number of nitrogens with zero attached hydrogens (tertiary/aromatic N) is 1. The van der Waals surface area contributed by atoms with Gasteiger partial charge in [0.1, 0.15) is 5.88 Å². The first-order chi connectivity index (χ1) is 4.25. The van der Waals surface area contributed by atoms with Gasteiger partial charge in [-0.15, -0.1) is 11.6 Å². The zero-order chi connectivity index (χ0) is 6.85. The Balaban J connectivity index is 3.23. The molecule has 0 saturated heterocycles. The van der Waals surface area contributed by atoms with Gasteiger partial charge in [0.15, 0.2) is 7.05 Å². The Hall–Kier alpha value is -0.770. The fourth-order valence-electron chi connectivity index (χ4n) is 0.505. The highest BCUT2D eigenvalue weighted by Gasteiger charge is 2.13. The number of hydrogen-bond acceptors (Lipinski definition) is 2. The van der Waals surface area contributed by atoms with Gasteiger partial charge in [0.2, 0.25) is 0 Å². The first-order valence-corrected chi connectivity index (χ1v) is 2.91. The lowest BCUT2D eigenvalue weighted by Gasteiger charge is -1.74. The largest absolute Gasteiger partial charge is 0.431 e. The van der Waals surface area contributed by atoms with Gasteiger partial charge in [-0.1, -0.05) is 4.68 Å². The molecule has 0 saturated carbocycles. The molecule has 0 spiro atoms. The maximum atomic E-state index is 10.6. The average molecular weight is 150 g/mol. The molecule has 5 heteroatoms. The van der Waals surface area contributed by atoms with Crippen molar-refractivity contribution in [1.29, 1.82) is 0 Å². The predicted molar refractivity (Wildman–Crippen MR) is 30.1 cm³/mol. The van der Waals surface area contributed by atoms with Gasteiger partial charge in [-0.2, -0.15) is 0 Å². The Morgan fingerprint density at radius 3 is 2.78 bits per heavy atom. The van der Waals surface area contributed by atoms with Crippen LogP contribution < -0.4 is 10.3 Å². The third-order valence-corrected chi connectivity index (χ3v) is 1.30. The van der Waals surface area contributed by atoms with Crippen LogP contribution in [0.15, 0.2) is 9.32 Å². The molecule has 0 atom stereocenters. The minimum atomic E-state index is -0.410. The summed E-state index contributed by atoms with van der Waals surface area (Å²) in [6.07, 6.45) is 0. The highest BCUT2D eigenvalue weighted by atomic mass is 35.5. The van der Waals surface area contributed by atoms with Crippen LogP contribution >= 0.6 is 11.6 Å². The van der Waals surface area contributed by atoms with Crippen molar-refractivity contribution in [3.63, 3.8) is 0 Å². The predicted octanol–water partition coefficient (Wildman–Crippen LogP) is -0.469. The topological polar surface area (TPSA) is 49.9 Å². The smallest absolute Gasteiger partial charge is 0.283 e. The number of halogens is 1. The summed E-state index contributed by atoms with van der Waals surface area (Å²) in [7, 11) is 1.66. The number of H-pyrrole nitrogens is 1. The van der Waals surface area contributed by atoms with E-state index in [4.69, 9.17) is 11.6 Å². The van der Waals surface area contributed by atoms with Gasteiger partial charge in [0.05, 0.1) is 0 Å². The van der Waals surface area contributed by atoms with Crippen LogP contribution in [-0.2, 0) is 12.9 Å². The van der Waals surface area contributed by atoms with Crippen molar-refractivity contribution in [2.75, 3.05) is 0 Å². The van der Waals surface area contributed by atoms with E-state index in [9.17, 15) is 4.79 Å². The Morgan fingerprint density at radius 2 is 2.56 bits per heavy atom. The van der Waals surface area contributed by atoms with E-state index in [1.807, 2.05) is 0 Å².